The van der Waals surface area contributed by atoms with E-state index in [1.165, 1.54) is 24.0 Å². The number of hydrogen-bond donors (Lipinski definition) is 1. The van der Waals surface area contributed by atoms with Crippen LogP contribution in [0.4, 0.5) is 5.69 Å². The molecular weight excluding hydrogens is 306 g/mol. The number of ether oxygens (including phenoxy) is 1. The SMILES string of the molecule is CC(=O)CN1C(=O)C(Cc2ccccc2C)Oc2cc(O)ccc21. The normalized spacial score (nSPS) is 16.5. The number of fused-ring (bicyclic) bond motifs is 1. The molecule has 5 heteroatoms. The number of carbonyl (C=O) groups excluding carboxylic acids is 2. The van der Waals surface area contributed by atoms with Crippen molar-refractivity contribution in [1.29, 1.82) is 0 Å². The van der Waals surface area contributed by atoms with Crippen molar-refractivity contribution in [2.75, 3.05) is 11.4 Å². The predicted octanol–water partition coefficient (Wildman–Crippen LogP) is 2.63. The molecule has 3 rings (SSSR count). The quantitative estimate of drug-likeness (QED) is 0.938. The average Bonchev–Trinajstić information content (AvgIpc) is 2.53. The third kappa shape index (κ3) is 3.11. The molecule has 1 aliphatic rings. The van der Waals surface area contributed by atoms with Crippen molar-refractivity contribution in [3.05, 3.63) is 53.6 Å². The predicted molar refractivity (Wildman–Crippen MR) is 90.4 cm³/mol. The number of benzene rings is 2. The van der Waals surface area contributed by atoms with Crippen LogP contribution in [0.15, 0.2) is 42.5 Å². The topological polar surface area (TPSA) is 66.8 Å². The van der Waals surface area contributed by atoms with Crippen LogP contribution in [0.25, 0.3) is 0 Å². The fourth-order valence-electron chi connectivity index (χ4n) is 2.87. The number of carbonyl (C=O) groups is 2. The van der Waals surface area contributed by atoms with Gasteiger partial charge in [-0.05, 0) is 37.1 Å². The summed E-state index contributed by atoms with van der Waals surface area (Å²) >= 11 is 0. The first-order valence-electron chi connectivity index (χ1n) is 7.80. The zero-order valence-electron chi connectivity index (χ0n) is 13.7. The Bertz CT molecular complexity index is 800. The number of hydrogen-bond acceptors (Lipinski definition) is 4. The molecule has 2 aromatic carbocycles. The number of aromatic hydroxyl groups is 1. The molecule has 0 bridgehead atoms. The molecule has 0 radical (unpaired) electrons. The lowest BCUT2D eigenvalue weighted by molar-refractivity contribution is -0.128. The van der Waals surface area contributed by atoms with Gasteiger partial charge in [0.05, 0.1) is 12.2 Å². The lowest BCUT2D eigenvalue weighted by Gasteiger charge is -2.34. The van der Waals surface area contributed by atoms with Crippen LogP contribution in [0.3, 0.4) is 0 Å². The number of Topliss-reactive ketones (excluding diaryl/α,β-unsaturated/α-hetero) is 1. The van der Waals surface area contributed by atoms with Crippen molar-refractivity contribution in [2.45, 2.75) is 26.4 Å². The second kappa shape index (κ2) is 6.35. The van der Waals surface area contributed by atoms with Crippen LogP contribution in [0, 0.1) is 6.92 Å². The molecule has 1 amide bonds. The van der Waals surface area contributed by atoms with Crippen LogP contribution in [-0.4, -0.2) is 29.4 Å². The summed E-state index contributed by atoms with van der Waals surface area (Å²) in [5.74, 6) is 0.112. The summed E-state index contributed by atoms with van der Waals surface area (Å²) in [6.07, 6.45) is -0.311. The summed E-state index contributed by atoms with van der Waals surface area (Å²) < 4.78 is 5.83. The Morgan fingerprint density at radius 2 is 2.00 bits per heavy atom. The summed E-state index contributed by atoms with van der Waals surface area (Å²) in [7, 11) is 0. The summed E-state index contributed by atoms with van der Waals surface area (Å²) in [4.78, 5) is 25.8. The van der Waals surface area contributed by atoms with E-state index in [0.717, 1.165) is 11.1 Å². The van der Waals surface area contributed by atoms with Crippen LogP contribution in [0.5, 0.6) is 11.5 Å². The van der Waals surface area contributed by atoms with Gasteiger partial charge in [0, 0.05) is 12.5 Å². The maximum absolute atomic E-state index is 12.8. The van der Waals surface area contributed by atoms with E-state index >= 15 is 0 Å². The Kier molecular flexibility index (Phi) is 4.25. The van der Waals surface area contributed by atoms with Crippen LogP contribution in [0.2, 0.25) is 0 Å². The standard InChI is InChI=1S/C19H19NO4/c1-12-5-3-4-6-14(12)9-18-19(23)20(11-13(2)21)16-8-7-15(22)10-17(16)24-18/h3-8,10,18,22H,9,11H2,1-2H3. The third-order valence-electron chi connectivity index (χ3n) is 4.09. The third-order valence-corrected chi connectivity index (χ3v) is 4.09. The molecule has 1 N–H and O–H groups in total. The maximum Gasteiger partial charge on any atom is 0.268 e. The summed E-state index contributed by atoms with van der Waals surface area (Å²) in [5.41, 5.74) is 2.60. The van der Waals surface area contributed by atoms with E-state index in [-0.39, 0.29) is 24.0 Å². The Hall–Kier alpha value is -2.82. The second-order valence-corrected chi connectivity index (χ2v) is 6.02. The molecule has 0 saturated heterocycles. The van der Waals surface area contributed by atoms with Gasteiger partial charge in [0.25, 0.3) is 5.91 Å². The highest BCUT2D eigenvalue weighted by Crippen LogP contribution is 2.37. The van der Waals surface area contributed by atoms with E-state index in [4.69, 9.17) is 4.74 Å². The molecule has 0 aliphatic carbocycles. The van der Waals surface area contributed by atoms with E-state index < -0.39 is 6.10 Å². The molecule has 0 aromatic heterocycles. The lowest BCUT2D eigenvalue weighted by atomic mass is 10.0. The number of ketones is 1. The van der Waals surface area contributed by atoms with E-state index in [0.29, 0.717) is 17.9 Å². The molecular formula is C19H19NO4. The van der Waals surface area contributed by atoms with Gasteiger partial charge in [0.2, 0.25) is 0 Å². The van der Waals surface area contributed by atoms with Crippen molar-refractivity contribution < 1.29 is 19.4 Å². The molecule has 24 heavy (non-hydrogen) atoms. The van der Waals surface area contributed by atoms with Crippen LogP contribution >= 0.6 is 0 Å². The lowest BCUT2D eigenvalue weighted by Crippen LogP contribution is -2.48. The van der Waals surface area contributed by atoms with Crippen molar-refractivity contribution in [2.24, 2.45) is 0 Å². The molecule has 1 atom stereocenters. The van der Waals surface area contributed by atoms with Gasteiger partial charge in [-0.25, -0.2) is 0 Å². The number of phenolic OH excluding ortho intramolecular Hbond substituents is 1. The number of anilines is 1. The molecule has 0 spiro atoms. The van der Waals surface area contributed by atoms with Crippen molar-refractivity contribution in [1.82, 2.24) is 0 Å². The number of nitrogens with zero attached hydrogens (tertiary/aromatic N) is 1. The van der Waals surface area contributed by atoms with E-state index in [9.17, 15) is 14.7 Å². The van der Waals surface area contributed by atoms with E-state index in [1.54, 1.807) is 6.07 Å². The molecule has 0 fully saturated rings. The van der Waals surface area contributed by atoms with Crippen LogP contribution < -0.4 is 9.64 Å². The zero-order chi connectivity index (χ0) is 17.3. The van der Waals surface area contributed by atoms with Gasteiger partial charge in [-0.15, -0.1) is 0 Å². The minimum Gasteiger partial charge on any atom is -0.508 e. The summed E-state index contributed by atoms with van der Waals surface area (Å²) in [5, 5.41) is 9.69. The Balaban J connectivity index is 1.96. The monoisotopic (exact) mass is 325 g/mol. The smallest absolute Gasteiger partial charge is 0.268 e. The van der Waals surface area contributed by atoms with Crippen molar-refractivity contribution in [3.8, 4) is 11.5 Å². The van der Waals surface area contributed by atoms with Gasteiger partial charge in [-0.1, -0.05) is 24.3 Å². The van der Waals surface area contributed by atoms with Crippen molar-refractivity contribution >= 4 is 17.4 Å². The molecule has 2 aromatic rings. The van der Waals surface area contributed by atoms with Crippen LogP contribution in [0.1, 0.15) is 18.1 Å². The van der Waals surface area contributed by atoms with E-state index in [1.807, 2.05) is 31.2 Å². The Labute approximate surface area is 140 Å². The number of rotatable bonds is 4. The first-order chi connectivity index (χ1) is 11.5. The molecule has 1 aliphatic heterocycles. The Morgan fingerprint density at radius 3 is 2.71 bits per heavy atom. The molecule has 124 valence electrons. The van der Waals surface area contributed by atoms with Crippen molar-refractivity contribution in [3.63, 3.8) is 0 Å². The van der Waals surface area contributed by atoms with Crippen LogP contribution in [-0.2, 0) is 16.0 Å². The number of aryl methyl sites for hydroxylation is 1. The largest absolute Gasteiger partial charge is 0.508 e. The first kappa shape index (κ1) is 16.1. The number of amides is 1. The molecule has 5 nitrogen and oxygen atoms in total. The second-order valence-electron chi connectivity index (χ2n) is 6.02. The van der Waals surface area contributed by atoms with E-state index in [2.05, 4.69) is 0 Å². The highest BCUT2D eigenvalue weighted by Gasteiger charge is 2.35. The van der Waals surface area contributed by atoms with Gasteiger partial charge < -0.3 is 9.84 Å². The van der Waals surface area contributed by atoms with Gasteiger partial charge >= 0.3 is 0 Å². The zero-order valence-corrected chi connectivity index (χ0v) is 13.7. The summed E-state index contributed by atoms with van der Waals surface area (Å²) in [6.45, 7) is 3.42. The number of phenols is 1. The highest BCUT2D eigenvalue weighted by atomic mass is 16.5. The molecule has 1 heterocycles. The minimum atomic E-state index is -0.722. The van der Waals surface area contributed by atoms with Gasteiger partial charge in [-0.3, -0.25) is 14.5 Å². The van der Waals surface area contributed by atoms with Gasteiger partial charge in [0.15, 0.2) is 6.10 Å². The molecule has 0 saturated carbocycles. The highest BCUT2D eigenvalue weighted by molar-refractivity contribution is 6.04. The maximum atomic E-state index is 12.8. The van der Waals surface area contributed by atoms with Gasteiger partial charge in [-0.2, -0.15) is 0 Å². The Morgan fingerprint density at radius 1 is 1.25 bits per heavy atom. The average molecular weight is 325 g/mol. The van der Waals surface area contributed by atoms with Gasteiger partial charge in [0.1, 0.15) is 17.3 Å². The summed E-state index contributed by atoms with van der Waals surface area (Å²) in [6, 6.07) is 12.3. The fourth-order valence-corrected chi connectivity index (χ4v) is 2.87. The minimum absolute atomic E-state index is 0.00968. The first-order valence-corrected chi connectivity index (χ1v) is 7.80. The molecule has 1 unspecified atom stereocenters. The fraction of sp³-hybridized carbons (Fsp3) is 0.263.